The monoisotopic (exact) mass is 577 g/mol. The number of benzene rings is 3. The van der Waals surface area contributed by atoms with Crippen LogP contribution in [0.1, 0.15) is 23.6 Å². The predicted molar refractivity (Wildman–Crippen MR) is 148 cm³/mol. The molecule has 2 aliphatic heterocycles. The van der Waals surface area contributed by atoms with E-state index in [1.165, 1.54) is 17.8 Å². The van der Waals surface area contributed by atoms with Gasteiger partial charge in [-0.2, -0.15) is 4.99 Å². The summed E-state index contributed by atoms with van der Waals surface area (Å²) in [6.45, 7) is 2.24. The van der Waals surface area contributed by atoms with E-state index < -0.39 is 5.91 Å². The van der Waals surface area contributed by atoms with E-state index in [-0.39, 0.29) is 23.8 Å². The van der Waals surface area contributed by atoms with Crippen LogP contribution in [0.5, 0.6) is 11.5 Å². The molecule has 0 saturated heterocycles. The second-order valence-corrected chi connectivity index (χ2v) is 9.76. The average Bonchev–Trinajstić information content (AvgIpc) is 3.31. The number of nitrogens with one attached hydrogen (secondary N) is 1. The van der Waals surface area contributed by atoms with Crippen molar-refractivity contribution < 1.29 is 18.7 Å². The Morgan fingerprint density at radius 1 is 1.11 bits per heavy atom. The van der Waals surface area contributed by atoms with Gasteiger partial charge in [0.2, 0.25) is 0 Å². The second-order valence-electron chi connectivity index (χ2n) is 8.07. The highest BCUT2D eigenvalue weighted by Crippen LogP contribution is 2.40. The van der Waals surface area contributed by atoms with Crippen LogP contribution in [0.3, 0.4) is 0 Å². The molecule has 0 unspecified atom stereocenters. The zero-order valence-electron chi connectivity index (χ0n) is 19.7. The largest absolute Gasteiger partial charge is 0.490 e. The molecule has 6 nitrogen and oxygen atoms in total. The standard InChI is InChI=1S/C28H21BrFN3O3S/c1-2-35-24-14-17(13-21(29)25(24)36-15-19-10-6-7-11-22(19)30)12-20-26(31)33-23(18-8-4-3-5-9-18)16-37-28(33)32-27(20)34/h3-14,16,31H,2,15H2,1H3/b20-12-,31-26?. The number of thioether (sulfide) groups is 1. The number of nitrogens with zero attached hydrogens (tertiary/aromatic N) is 2. The molecule has 1 N–H and O–H groups in total. The van der Waals surface area contributed by atoms with E-state index in [4.69, 9.17) is 14.9 Å². The first-order valence-corrected chi connectivity index (χ1v) is 13.1. The number of ether oxygens (including phenoxy) is 2. The molecule has 0 aliphatic carbocycles. The van der Waals surface area contributed by atoms with E-state index in [0.717, 1.165) is 11.3 Å². The molecule has 0 fully saturated rings. The number of hydrogen-bond donors (Lipinski definition) is 1. The first-order chi connectivity index (χ1) is 18.0. The molecule has 0 bridgehead atoms. The lowest BCUT2D eigenvalue weighted by atomic mass is 10.1. The Balaban J connectivity index is 1.46. The van der Waals surface area contributed by atoms with E-state index in [1.807, 2.05) is 42.7 Å². The lowest BCUT2D eigenvalue weighted by Crippen LogP contribution is -2.38. The van der Waals surface area contributed by atoms with Crippen molar-refractivity contribution in [2.75, 3.05) is 6.61 Å². The van der Waals surface area contributed by atoms with E-state index in [1.54, 1.807) is 41.3 Å². The summed E-state index contributed by atoms with van der Waals surface area (Å²) in [6.07, 6.45) is 1.62. The van der Waals surface area contributed by atoms with E-state index in [0.29, 0.717) is 38.9 Å². The van der Waals surface area contributed by atoms with Crippen molar-refractivity contribution in [3.63, 3.8) is 0 Å². The number of carbonyl (C=O) groups is 1. The average molecular weight is 578 g/mol. The highest BCUT2D eigenvalue weighted by molar-refractivity contribution is 9.10. The maximum absolute atomic E-state index is 14.1. The van der Waals surface area contributed by atoms with Crippen molar-refractivity contribution in [3.05, 3.63) is 105 Å². The van der Waals surface area contributed by atoms with Crippen LogP contribution in [0.15, 0.2) is 87.2 Å². The molecule has 3 aromatic carbocycles. The molecule has 1 amide bonds. The van der Waals surface area contributed by atoms with Crippen molar-refractivity contribution in [1.29, 1.82) is 5.41 Å². The van der Waals surface area contributed by atoms with Gasteiger partial charge < -0.3 is 9.47 Å². The smallest absolute Gasteiger partial charge is 0.283 e. The third-order valence-corrected chi connectivity index (χ3v) is 7.07. The molecule has 9 heteroatoms. The van der Waals surface area contributed by atoms with Crippen molar-refractivity contribution in [2.24, 2.45) is 4.99 Å². The first kappa shape index (κ1) is 25.0. The highest BCUT2D eigenvalue weighted by Gasteiger charge is 2.36. The van der Waals surface area contributed by atoms with Crippen LogP contribution in [0, 0.1) is 11.2 Å². The van der Waals surface area contributed by atoms with Crippen LogP contribution >= 0.6 is 27.7 Å². The van der Waals surface area contributed by atoms with Crippen LogP contribution < -0.4 is 9.47 Å². The maximum Gasteiger partial charge on any atom is 0.283 e. The molecular weight excluding hydrogens is 557 g/mol. The quantitative estimate of drug-likeness (QED) is 0.310. The molecule has 0 spiro atoms. The Bertz CT molecular complexity index is 1490. The Kier molecular flexibility index (Phi) is 7.25. The number of aliphatic imine (C=N–C) groups is 1. The summed E-state index contributed by atoms with van der Waals surface area (Å²) in [5.74, 6) is 0.0594. The number of carbonyl (C=O) groups excluding carboxylic acids is 1. The second kappa shape index (κ2) is 10.7. The Morgan fingerprint density at radius 2 is 1.86 bits per heavy atom. The van der Waals surface area contributed by atoms with Gasteiger partial charge in [-0.05, 0) is 58.3 Å². The number of hydrogen-bond acceptors (Lipinski definition) is 5. The minimum Gasteiger partial charge on any atom is -0.490 e. The third-order valence-electron chi connectivity index (χ3n) is 5.66. The van der Waals surface area contributed by atoms with Gasteiger partial charge in [-0.25, -0.2) is 4.39 Å². The number of amidine groups is 2. The lowest BCUT2D eigenvalue weighted by molar-refractivity contribution is -0.114. The van der Waals surface area contributed by atoms with Gasteiger partial charge in [0.05, 0.1) is 22.3 Å². The molecule has 186 valence electrons. The summed E-state index contributed by atoms with van der Waals surface area (Å²) in [5, 5.41) is 11.2. The lowest BCUT2D eigenvalue weighted by Gasteiger charge is -2.27. The summed E-state index contributed by atoms with van der Waals surface area (Å²) < 4.78 is 26.3. The fraction of sp³-hybridized carbons (Fsp3) is 0.107. The van der Waals surface area contributed by atoms with Gasteiger partial charge in [-0.3, -0.25) is 15.1 Å². The summed E-state index contributed by atoms with van der Waals surface area (Å²) in [4.78, 5) is 18.8. The predicted octanol–water partition coefficient (Wildman–Crippen LogP) is 6.87. The number of halogens is 2. The molecule has 37 heavy (non-hydrogen) atoms. The minimum atomic E-state index is -0.486. The van der Waals surface area contributed by atoms with Crippen molar-refractivity contribution in [2.45, 2.75) is 13.5 Å². The molecule has 0 atom stereocenters. The van der Waals surface area contributed by atoms with Crippen LogP contribution in [0.25, 0.3) is 11.8 Å². The van der Waals surface area contributed by atoms with Gasteiger partial charge in [0.15, 0.2) is 16.7 Å². The van der Waals surface area contributed by atoms with Crippen LogP contribution in [0.2, 0.25) is 0 Å². The third kappa shape index (κ3) is 5.10. The van der Waals surface area contributed by atoms with Crippen LogP contribution in [-0.4, -0.2) is 28.4 Å². The van der Waals surface area contributed by atoms with E-state index in [2.05, 4.69) is 20.9 Å². The van der Waals surface area contributed by atoms with Gasteiger partial charge in [-0.15, -0.1) is 0 Å². The summed E-state index contributed by atoms with van der Waals surface area (Å²) in [7, 11) is 0. The molecule has 2 heterocycles. The van der Waals surface area contributed by atoms with Crippen molar-refractivity contribution in [1.82, 2.24) is 4.90 Å². The Morgan fingerprint density at radius 3 is 2.62 bits per heavy atom. The Labute approximate surface area is 226 Å². The number of amides is 1. The fourth-order valence-electron chi connectivity index (χ4n) is 3.92. The van der Waals surface area contributed by atoms with E-state index in [9.17, 15) is 9.18 Å². The zero-order valence-corrected chi connectivity index (χ0v) is 22.1. The number of fused-ring (bicyclic) bond motifs is 1. The van der Waals surface area contributed by atoms with Crippen molar-refractivity contribution in [3.8, 4) is 11.5 Å². The SMILES string of the molecule is CCOc1cc(/C=C2/C(=N)N3C(c4ccccc4)=CSC3=NC2=O)cc(Br)c1OCc1ccccc1F. The van der Waals surface area contributed by atoms with Gasteiger partial charge in [0.25, 0.3) is 5.91 Å². The summed E-state index contributed by atoms with van der Waals surface area (Å²) >= 11 is 4.84. The zero-order chi connectivity index (χ0) is 25.9. The van der Waals surface area contributed by atoms with Crippen LogP contribution in [0.4, 0.5) is 4.39 Å². The normalized spacial score (nSPS) is 16.0. The molecular formula is C28H21BrFN3O3S. The van der Waals surface area contributed by atoms with Crippen molar-refractivity contribution >= 4 is 56.4 Å². The van der Waals surface area contributed by atoms with Gasteiger partial charge >= 0.3 is 0 Å². The topological polar surface area (TPSA) is 75.0 Å². The molecule has 0 aromatic heterocycles. The van der Waals surface area contributed by atoms with Crippen LogP contribution in [-0.2, 0) is 11.4 Å². The molecule has 3 aromatic rings. The molecule has 0 radical (unpaired) electrons. The number of rotatable bonds is 7. The highest BCUT2D eigenvalue weighted by atomic mass is 79.9. The molecule has 5 rings (SSSR count). The minimum absolute atomic E-state index is 0.0215. The summed E-state index contributed by atoms with van der Waals surface area (Å²) in [6, 6.07) is 19.6. The Hall–Kier alpha value is -3.69. The van der Waals surface area contributed by atoms with Gasteiger partial charge in [0.1, 0.15) is 18.3 Å². The van der Waals surface area contributed by atoms with Gasteiger partial charge in [0, 0.05) is 11.0 Å². The summed E-state index contributed by atoms with van der Waals surface area (Å²) in [5.41, 5.74) is 2.92. The fourth-order valence-corrected chi connectivity index (χ4v) is 5.38. The first-order valence-electron chi connectivity index (χ1n) is 11.4. The molecule has 2 aliphatic rings. The van der Waals surface area contributed by atoms with E-state index >= 15 is 0 Å². The molecule has 0 saturated carbocycles. The maximum atomic E-state index is 14.1. The van der Waals surface area contributed by atoms with Gasteiger partial charge in [-0.1, -0.05) is 60.3 Å².